The monoisotopic (exact) mass is 275 g/mol. The molecule has 1 aromatic rings. The molecule has 0 aliphatic carbocycles. The van der Waals surface area contributed by atoms with Crippen LogP contribution in [0.15, 0.2) is 18.2 Å². The van der Waals surface area contributed by atoms with Gasteiger partial charge in [0, 0.05) is 13.2 Å². The molecule has 96 valence electrons. The highest BCUT2D eigenvalue weighted by atomic mass is 35.5. The summed E-state index contributed by atoms with van der Waals surface area (Å²) in [5.41, 5.74) is 7.12. The average molecular weight is 276 g/mol. The molecule has 0 saturated carbocycles. The molecule has 0 aliphatic heterocycles. The SMILES string of the molecule is COC(C(C)C)C(N)Cc1cccc(Cl)c1Cl. The molecule has 0 aliphatic rings. The topological polar surface area (TPSA) is 35.2 Å². The molecule has 0 amide bonds. The molecule has 17 heavy (non-hydrogen) atoms. The van der Waals surface area contributed by atoms with E-state index in [0.29, 0.717) is 22.4 Å². The average Bonchev–Trinajstić information content (AvgIpc) is 2.25. The van der Waals surface area contributed by atoms with Crippen molar-refractivity contribution in [2.24, 2.45) is 11.7 Å². The molecule has 0 fully saturated rings. The minimum atomic E-state index is -0.0871. The minimum Gasteiger partial charge on any atom is -0.380 e. The first-order chi connectivity index (χ1) is 7.97. The van der Waals surface area contributed by atoms with Crippen molar-refractivity contribution in [1.82, 2.24) is 0 Å². The molecule has 0 bridgehead atoms. The highest BCUT2D eigenvalue weighted by Gasteiger charge is 2.22. The van der Waals surface area contributed by atoms with Crippen molar-refractivity contribution in [2.75, 3.05) is 7.11 Å². The Morgan fingerprint density at radius 2 is 1.94 bits per heavy atom. The van der Waals surface area contributed by atoms with Crippen LogP contribution in [0.25, 0.3) is 0 Å². The third-order valence-electron chi connectivity index (χ3n) is 2.84. The van der Waals surface area contributed by atoms with Crippen molar-refractivity contribution in [3.05, 3.63) is 33.8 Å². The van der Waals surface area contributed by atoms with E-state index in [1.54, 1.807) is 13.2 Å². The van der Waals surface area contributed by atoms with Crippen LogP contribution >= 0.6 is 23.2 Å². The Morgan fingerprint density at radius 3 is 2.47 bits per heavy atom. The van der Waals surface area contributed by atoms with E-state index in [4.69, 9.17) is 33.7 Å². The summed E-state index contributed by atoms with van der Waals surface area (Å²) in [5, 5.41) is 1.15. The summed E-state index contributed by atoms with van der Waals surface area (Å²) in [6.45, 7) is 4.18. The van der Waals surface area contributed by atoms with Gasteiger partial charge in [-0.15, -0.1) is 0 Å². The molecule has 0 radical (unpaired) electrons. The minimum absolute atomic E-state index is 0.0186. The molecule has 1 rings (SSSR count). The second kappa shape index (κ2) is 6.60. The zero-order chi connectivity index (χ0) is 13.0. The normalized spacial score (nSPS) is 15.0. The maximum Gasteiger partial charge on any atom is 0.0748 e. The lowest BCUT2D eigenvalue weighted by atomic mass is 9.94. The fourth-order valence-corrected chi connectivity index (χ4v) is 2.41. The van der Waals surface area contributed by atoms with Crippen LogP contribution in [-0.4, -0.2) is 19.3 Å². The van der Waals surface area contributed by atoms with Gasteiger partial charge in [0.05, 0.1) is 16.1 Å². The molecule has 0 spiro atoms. The summed E-state index contributed by atoms with van der Waals surface area (Å²) in [5.74, 6) is 0.368. The summed E-state index contributed by atoms with van der Waals surface area (Å²) < 4.78 is 5.41. The van der Waals surface area contributed by atoms with Crippen LogP contribution in [0.4, 0.5) is 0 Å². The quantitative estimate of drug-likeness (QED) is 0.892. The van der Waals surface area contributed by atoms with E-state index in [0.717, 1.165) is 5.56 Å². The van der Waals surface area contributed by atoms with E-state index >= 15 is 0 Å². The first-order valence-corrected chi connectivity index (χ1v) is 6.44. The van der Waals surface area contributed by atoms with Crippen LogP contribution < -0.4 is 5.73 Å². The summed E-state index contributed by atoms with van der Waals surface area (Å²) in [7, 11) is 1.68. The largest absolute Gasteiger partial charge is 0.380 e. The van der Waals surface area contributed by atoms with Crippen molar-refractivity contribution in [3.8, 4) is 0 Å². The van der Waals surface area contributed by atoms with Crippen molar-refractivity contribution < 1.29 is 4.74 Å². The van der Waals surface area contributed by atoms with Gasteiger partial charge in [-0.25, -0.2) is 0 Å². The molecule has 2 nitrogen and oxygen atoms in total. The van der Waals surface area contributed by atoms with Crippen molar-refractivity contribution in [3.63, 3.8) is 0 Å². The van der Waals surface area contributed by atoms with E-state index < -0.39 is 0 Å². The lowest BCUT2D eigenvalue weighted by Gasteiger charge is -2.26. The van der Waals surface area contributed by atoms with Crippen molar-refractivity contribution in [2.45, 2.75) is 32.4 Å². The van der Waals surface area contributed by atoms with E-state index in [9.17, 15) is 0 Å². The maximum atomic E-state index is 6.15. The van der Waals surface area contributed by atoms with Crippen LogP contribution in [-0.2, 0) is 11.2 Å². The molecule has 2 N–H and O–H groups in total. The smallest absolute Gasteiger partial charge is 0.0748 e. The van der Waals surface area contributed by atoms with E-state index in [1.165, 1.54) is 0 Å². The molecule has 2 unspecified atom stereocenters. The predicted molar refractivity (Wildman–Crippen MR) is 73.8 cm³/mol. The number of hydrogen-bond donors (Lipinski definition) is 1. The second-order valence-corrected chi connectivity index (χ2v) is 5.31. The van der Waals surface area contributed by atoms with Crippen molar-refractivity contribution >= 4 is 23.2 Å². The van der Waals surface area contributed by atoms with Crippen LogP contribution in [0.3, 0.4) is 0 Å². The standard InChI is InChI=1S/C13H19Cl2NO/c1-8(2)13(17-3)11(16)7-9-5-4-6-10(14)12(9)15/h4-6,8,11,13H,7,16H2,1-3H3. The number of benzene rings is 1. The molecule has 4 heteroatoms. The number of rotatable bonds is 5. The van der Waals surface area contributed by atoms with E-state index in [-0.39, 0.29) is 12.1 Å². The van der Waals surface area contributed by atoms with Crippen LogP contribution in [0.5, 0.6) is 0 Å². The third kappa shape index (κ3) is 3.85. The molecule has 0 heterocycles. The molecule has 0 saturated heterocycles. The zero-order valence-electron chi connectivity index (χ0n) is 10.4. The Balaban J connectivity index is 2.80. The highest BCUT2D eigenvalue weighted by Crippen LogP contribution is 2.27. The molecular weight excluding hydrogens is 257 g/mol. The second-order valence-electron chi connectivity index (χ2n) is 4.53. The number of hydrogen-bond acceptors (Lipinski definition) is 2. The van der Waals surface area contributed by atoms with Gasteiger partial charge >= 0.3 is 0 Å². The van der Waals surface area contributed by atoms with E-state index in [2.05, 4.69) is 13.8 Å². The fourth-order valence-electron chi connectivity index (χ4n) is 2.02. The van der Waals surface area contributed by atoms with Gasteiger partial charge in [-0.3, -0.25) is 0 Å². The number of methoxy groups -OCH3 is 1. The number of ether oxygens (including phenoxy) is 1. The van der Waals surface area contributed by atoms with Gasteiger partial charge in [-0.05, 0) is 24.0 Å². The summed E-state index contributed by atoms with van der Waals surface area (Å²) in [6.07, 6.45) is 0.681. The zero-order valence-corrected chi connectivity index (χ0v) is 11.9. The van der Waals surface area contributed by atoms with Gasteiger partial charge in [0.1, 0.15) is 0 Å². The van der Waals surface area contributed by atoms with Crippen LogP contribution in [0, 0.1) is 5.92 Å². The Morgan fingerprint density at radius 1 is 1.29 bits per heavy atom. The Bertz CT molecular complexity index is 368. The van der Waals surface area contributed by atoms with Crippen LogP contribution in [0.2, 0.25) is 10.0 Å². The summed E-state index contributed by atoms with van der Waals surface area (Å²) in [4.78, 5) is 0. The molecular formula is C13H19Cl2NO. The predicted octanol–water partition coefficient (Wildman–Crippen LogP) is 3.53. The molecule has 1 aromatic carbocycles. The fraction of sp³-hybridized carbons (Fsp3) is 0.538. The summed E-state index contributed by atoms with van der Waals surface area (Å²) >= 11 is 12.1. The van der Waals surface area contributed by atoms with Crippen LogP contribution in [0.1, 0.15) is 19.4 Å². The third-order valence-corrected chi connectivity index (χ3v) is 3.70. The number of nitrogens with two attached hydrogens (primary N) is 1. The Labute approximate surface area is 113 Å². The van der Waals surface area contributed by atoms with Crippen molar-refractivity contribution in [1.29, 1.82) is 0 Å². The van der Waals surface area contributed by atoms with Gasteiger partial charge in [0.15, 0.2) is 0 Å². The van der Waals surface area contributed by atoms with Gasteiger partial charge in [-0.1, -0.05) is 49.2 Å². The Hall–Kier alpha value is -0.280. The van der Waals surface area contributed by atoms with Gasteiger partial charge in [0.25, 0.3) is 0 Å². The maximum absolute atomic E-state index is 6.15. The molecule has 0 aromatic heterocycles. The van der Waals surface area contributed by atoms with E-state index in [1.807, 2.05) is 12.1 Å². The van der Waals surface area contributed by atoms with Gasteiger partial charge in [-0.2, -0.15) is 0 Å². The highest BCUT2D eigenvalue weighted by molar-refractivity contribution is 6.42. The van der Waals surface area contributed by atoms with Gasteiger partial charge < -0.3 is 10.5 Å². The first-order valence-electron chi connectivity index (χ1n) is 5.68. The first kappa shape index (κ1) is 14.8. The number of halogens is 2. The summed E-state index contributed by atoms with van der Waals surface area (Å²) in [6, 6.07) is 5.51. The Kier molecular flexibility index (Phi) is 5.74. The lowest BCUT2D eigenvalue weighted by molar-refractivity contribution is 0.0441. The van der Waals surface area contributed by atoms with Gasteiger partial charge in [0.2, 0.25) is 0 Å². The molecule has 2 atom stereocenters. The lowest BCUT2D eigenvalue weighted by Crippen LogP contribution is -2.41.